The van der Waals surface area contributed by atoms with Gasteiger partial charge in [0.25, 0.3) is 5.91 Å². The number of amides is 5. The molecule has 2 atom stereocenters. The third kappa shape index (κ3) is 7.81. The lowest BCUT2D eigenvalue weighted by Crippen LogP contribution is -2.54. The first-order valence-electron chi connectivity index (χ1n) is 13.7. The third-order valence-electron chi connectivity index (χ3n) is 7.35. The second-order valence-electron chi connectivity index (χ2n) is 10.3. The van der Waals surface area contributed by atoms with Crippen molar-refractivity contribution >= 4 is 29.5 Å². The van der Waals surface area contributed by atoms with Crippen molar-refractivity contribution in [2.75, 3.05) is 32.9 Å². The molecule has 224 valence electrons. The molecule has 2 heterocycles. The van der Waals surface area contributed by atoms with E-state index in [0.29, 0.717) is 31.6 Å². The lowest BCUT2D eigenvalue weighted by atomic mass is 9.74. The van der Waals surface area contributed by atoms with Crippen molar-refractivity contribution < 1.29 is 37.8 Å². The molecule has 0 saturated carbocycles. The molecule has 2 aromatic rings. The largest absolute Gasteiger partial charge is 0.491 e. The van der Waals surface area contributed by atoms with Gasteiger partial charge < -0.3 is 36.5 Å². The molecule has 1 saturated heterocycles. The summed E-state index contributed by atoms with van der Waals surface area (Å²) in [5.41, 5.74) is 5.47. The number of carbonyl (C=O) groups is 5. The summed E-state index contributed by atoms with van der Waals surface area (Å²) in [6.07, 6.45) is 0.0215. The molecular formula is C29H34FN5O7. The van der Waals surface area contributed by atoms with E-state index < -0.39 is 65.7 Å². The van der Waals surface area contributed by atoms with Crippen molar-refractivity contribution in [2.45, 2.75) is 43.2 Å². The van der Waals surface area contributed by atoms with Crippen LogP contribution >= 0.6 is 0 Å². The highest BCUT2D eigenvalue weighted by Gasteiger charge is 2.37. The van der Waals surface area contributed by atoms with Crippen molar-refractivity contribution in [3.8, 4) is 5.75 Å². The van der Waals surface area contributed by atoms with Crippen LogP contribution in [0.5, 0.6) is 5.75 Å². The van der Waals surface area contributed by atoms with Gasteiger partial charge in [-0.25, -0.2) is 4.39 Å². The van der Waals surface area contributed by atoms with Crippen LogP contribution in [0.25, 0.3) is 0 Å². The number of hydrogen-bond acceptors (Lipinski definition) is 7. The molecular weight excluding hydrogens is 549 g/mol. The maximum absolute atomic E-state index is 14.1. The molecule has 2 aliphatic heterocycles. The standard InChI is InChI=1S/C29H34FN5O7/c30-19-5-3-4-18(14-19)29(8-11-41-12-9-29)17-33-28(40)22-16-25(37)34-21(15-24(31)36)27(39)32-10-13-42-23-7-2-1-6-20(23)26(38)35-22/h1-7,14,21-22H,8-13,15-17H2,(H2,31,36)(H,32,39)(H,33,40)(H,34,37)(H,35,38)/t21-,22-/m0/s1. The van der Waals surface area contributed by atoms with Gasteiger partial charge in [0.05, 0.1) is 24.9 Å². The number of carbonyl (C=O) groups excluding carboxylic acids is 5. The Labute approximate surface area is 241 Å². The Bertz CT molecular complexity index is 1330. The lowest BCUT2D eigenvalue weighted by Gasteiger charge is -2.38. The second-order valence-corrected chi connectivity index (χ2v) is 10.3. The Morgan fingerprint density at radius 3 is 2.52 bits per heavy atom. The van der Waals surface area contributed by atoms with Crippen molar-refractivity contribution in [1.29, 1.82) is 0 Å². The fourth-order valence-electron chi connectivity index (χ4n) is 5.06. The minimum Gasteiger partial charge on any atom is -0.491 e. The zero-order valence-electron chi connectivity index (χ0n) is 23.0. The van der Waals surface area contributed by atoms with Crippen molar-refractivity contribution in [3.05, 3.63) is 65.5 Å². The highest BCUT2D eigenvalue weighted by atomic mass is 19.1. The summed E-state index contributed by atoms with van der Waals surface area (Å²) in [7, 11) is 0. The highest BCUT2D eigenvalue weighted by Crippen LogP contribution is 2.34. The predicted octanol–water partition coefficient (Wildman–Crippen LogP) is 0.0476. The summed E-state index contributed by atoms with van der Waals surface area (Å²) in [6.45, 7) is 0.940. The first kappa shape index (κ1) is 30.4. The van der Waals surface area contributed by atoms with Gasteiger partial charge in [0, 0.05) is 25.2 Å². The average molecular weight is 584 g/mol. The van der Waals surface area contributed by atoms with Gasteiger partial charge in [-0.2, -0.15) is 0 Å². The number of fused-ring (bicyclic) bond motifs is 1. The number of rotatable bonds is 6. The van der Waals surface area contributed by atoms with Crippen LogP contribution in [0, 0.1) is 5.82 Å². The minimum atomic E-state index is -1.37. The Morgan fingerprint density at radius 1 is 1.02 bits per heavy atom. The van der Waals surface area contributed by atoms with Crippen LogP contribution < -0.4 is 31.7 Å². The Hall–Kier alpha value is -4.52. The van der Waals surface area contributed by atoms with E-state index in [0.717, 1.165) is 0 Å². The molecule has 0 radical (unpaired) electrons. The van der Waals surface area contributed by atoms with Gasteiger partial charge in [0.2, 0.25) is 23.6 Å². The van der Waals surface area contributed by atoms with E-state index in [1.807, 2.05) is 0 Å². The smallest absolute Gasteiger partial charge is 0.255 e. The Kier molecular flexibility index (Phi) is 10.1. The molecule has 2 aliphatic rings. The predicted molar refractivity (Wildman–Crippen MR) is 148 cm³/mol. The number of primary amides is 1. The van der Waals surface area contributed by atoms with Gasteiger partial charge in [0.1, 0.15) is 30.3 Å². The zero-order valence-corrected chi connectivity index (χ0v) is 23.0. The van der Waals surface area contributed by atoms with Gasteiger partial charge in [0.15, 0.2) is 0 Å². The van der Waals surface area contributed by atoms with Crippen LogP contribution in [-0.2, 0) is 29.3 Å². The summed E-state index contributed by atoms with van der Waals surface area (Å²) >= 11 is 0. The molecule has 42 heavy (non-hydrogen) atoms. The molecule has 6 N–H and O–H groups in total. The number of ether oxygens (including phenoxy) is 2. The van der Waals surface area contributed by atoms with Gasteiger partial charge in [-0.1, -0.05) is 24.3 Å². The Balaban J connectivity index is 1.59. The van der Waals surface area contributed by atoms with Gasteiger partial charge >= 0.3 is 0 Å². The Morgan fingerprint density at radius 2 is 1.79 bits per heavy atom. The van der Waals surface area contributed by atoms with E-state index in [1.165, 1.54) is 18.2 Å². The molecule has 12 nitrogen and oxygen atoms in total. The maximum Gasteiger partial charge on any atom is 0.255 e. The number of para-hydroxylation sites is 1. The normalized spacial score (nSPS) is 21.3. The van der Waals surface area contributed by atoms with E-state index in [1.54, 1.807) is 30.3 Å². The number of nitrogens with one attached hydrogen (secondary N) is 4. The van der Waals surface area contributed by atoms with Crippen LogP contribution in [0.3, 0.4) is 0 Å². The maximum atomic E-state index is 14.1. The summed E-state index contributed by atoms with van der Waals surface area (Å²) in [6, 6.07) is 9.86. The summed E-state index contributed by atoms with van der Waals surface area (Å²) in [5, 5.41) is 10.4. The molecule has 0 aliphatic carbocycles. The second kappa shape index (κ2) is 13.9. The molecule has 0 bridgehead atoms. The monoisotopic (exact) mass is 583 g/mol. The van der Waals surface area contributed by atoms with Crippen LogP contribution in [0.2, 0.25) is 0 Å². The highest BCUT2D eigenvalue weighted by molar-refractivity contribution is 6.01. The number of nitrogens with two attached hydrogens (primary N) is 1. The van der Waals surface area contributed by atoms with Crippen LogP contribution in [0.1, 0.15) is 41.6 Å². The van der Waals surface area contributed by atoms with E-state index in [4.69, 9.17) is 15.2 Å². The molecule has 1 fully saturated rings. The fourth-order valence-corrected chi connectivity index (χ4v) is 5.06. The van der Waals surface area contributed by atoms with Crippen LogP contribution in [0.15, 0.2) is 48.5 Å². The van der Waals surface area contributed by atoms with E-state index >= 15 is 0 Å². The van der Waals surface area contributed by atoms with Crippen molar-refractivity contribution in [1.82, 2.24) is 21.3 Å². The average Bonchev–Trinajstić information content (AvgIpc) is 2.97. The molecule has 0 spiro atoms. The van der Waals surface area contributed by atoms with Crippen molar-refractivity contribution in [3.63, 3.8) is 0 Å². The van der Waals surface area contributed by atoms with Crippen LogP contribution in [0.4, 0.5) is 4.39 Å². The molecule has 13 heteroatoms. The topological polar surface area (TPSA) is 178 Å². The quantitative estimate of drug-likeness (QED) is 0.319. The van der Waals surface area contributed by atoms with Gasteiger partial charge in [-0.15, -0.1) is 0 Å². The first-order valence-corrected chi connectivity index (χ1v) is 13.7. The number of hydrogen-bond donors (Lipinski definition) is 5. The number of halogens is 1. The molecule has 0 unspecified atom stereocenters. The van der Waals surface area contributed by atoms with E-state index in [-0.39, 0.29) is 31.0 Å². The third-order valence-corrected chi connectivity index (χ3v) is 7.35. The van der Waals surface area contributed by atoms with Crippen molar-refractivity contribution in [2.24, 2.45) is 5.73 Å². The SMILES string of the molecule is NC(=O)C[C@@H]1NC(=O)C[C@@H](C(=O)NCC2(c3cccc(F)c3)CCOCC2)NC(=O)c2ccccc2OCCNC1=O. The first-order chi connectivity index (χ1) is 20.2. The summed E-state index contributed by atoms with van der Waals surface area (Å²) in [5.74, 6) is -3.74. The molecule has 2 aromatic carbocycles. The zero-order chi connectivity index (χ0) is 30.1. The summed E-state index contributed by atoms with van der Waals surface area (Å²) < 4.78 is 25.3. The number of benzene rings is 2. The molecule has 5 amide bonds. The van der Waals surface area contributed by atoms with E-state index in [9.17, 15) is 28.4 Å². The van der Waals surface area contributed by atoms with Gasteiger partial charge in [-0.05, 0) is 42.7 Å². The molecule has 4 rings (SSSR count). The lowest BCUT2D eigenvalue weighted by molar-refractivity contribution is -0.132. The fraction of sp³-hybridized carbons (Fsp3) is 0.414. The minimum absolute atomic E-state index is 0.0109. The molecule has 0 aromatic heterocycles. The van der Waals surface area contributed by atoms with E-state index in [2.05, 4.69) is 21.3 Å². The van der Waals surface area contributed by atoms with Gasteiger partial charge in [-0.3, -0.25) is 24.0 Å². The summed E-state index contributed by atoms with van der Waals surface area (Å²) in [4.78, 5) is 64.1. The van der Waals surface area contributed by atoms with Crippen LogP contribution in [-0.4, -0.2) is 74.5 Å².